The normalized spacial score (nSPS) is 23.4. The minimum atomic E-state index is 0.248. The maximum absolute atomic E-state index is 5.31. The Balaban J connectivity index is 1.90. The van der Waals surface area contributed by atoms with E-state index in [4.69, 9.17) is 4.74 Å². The fraction of sp³-hybridized carbons (Fsp3) is 0.647. The van der Waals surface area contributed by atoms with Crippen LogP contribution in [-0.2, 0) is 5.54 Å². The molecule has 0 unspecified atom stereocenters. The molecular formula is C17H26N2O. The smallest absolute Gasteiger partial charge is 0.118 e. The van der Waals surface area contributed by atoms with Crippen LogP contribution in [0.15, 0.2) is 24.3 Å². The third-order valence-corrected chi connectivity index (χ3v) is 5.02. The largest absolute Gasteiger partial charge is 0.497 e. The van der Waals surface area contributed by atoms with Gasteiger partial charge in [0, 0.05) is 5.54 Å². The Morgan fingerprint density at radius 3 is 2.25 bits per heavy atom. The molecule has 2 saturated heterocycles. The van der Waals surface area contributed by atoms with Crippen molar-refractivity contribution in [2.45, 2.75) is 37.6 Å². The van der Waals surface area contributed by atoms with Crippen molar-refractivity contribution < 1.29 is 4.74 Å². The maximum Gasteiger partial charge on any atom is 0.118 e. The number of piperidine rings is 2. The van der Waals surface area contributed by atoms with E-state index in [9.17, 15) is 0 Å². The summed E-state index contributed by atoms with van der Waals surface area (Å²) >= 11 is 0. The third kappa shape index (κ3) is 2.57. The number of nitrogens with one attached hydrogen (secondary N) is 1. The maximum atomic E-state index is 5.31. The topological polar surface area (TPSA) is 24.5 Å². The van der Waals surface area contributed by atoms with Crippen molar-refractivity contribution in [2.75, 3.05) is 33.3 Å². The number of hydrogen-bond acceptors (Lipinski definition) is 3. The van der Waals surface area contributed by atoms with Crippen molar-refractivity contribution in [1.29, 1.82) is 0 Å². The number of benzene rings is 1. The minimum absolute atomic E-state index is 0.248. The zero-order chi connectivity index (χ0) is 13.8. The molecule has 1 N–H and O–H groups in total. The van der Waals surface area contributed by atoms with Crippen LogP contribution in [0, 0.1) is 0 Å². The van der Waals surface area contributed by atoms with E-state index in [1.54, 1.807) is 7.11 Å². The molecule has 0 spiro atoms. The zero-order valence-electron chi connectivity index (χ0n) is 12.5. The number of ether oxygens (including phenoxy) is 1. The van der Waals surface area contributed by atoms with E-state index in [-0.39, 0.29) is 5.54 Å². The Morgan fingerprint density at radius 1 is 1.00 bits per heavy atom. The molecule has 3 nitrogen and oxygen atoms in total. The van der Waals surface area contributed by atoms with Crippen molar-refractivity contribution >= 4 is 0 Å². The monoisotopic (exact) mass is 274 g/mol. The average molecular weight is 274 g/mol. The van der Waals surface area contributed by atoms with Crippen LogP contribution in [0.4, 0.5) is 0 Å². The van der Waals surface area contributed by atoms with E-state index in [1.165, 1.54) is 50.8 Å². The molecule has 0 radical (unpaired) electrons. The first-order valence-corrected chi connectivity index (χ1v) is 7.95. The molecule has 20 heavy (non-hydrogen) atoms. The van der Waals surface area contributed by atoms with Crippen LogP contribution in [0.25, 0.3) is 0 Å². The number of hydrogen-bond donors (Lipinski definition) is 1. The van der Waals surface area contributed by atoms with Crippen LogP contribution < -0.4 is 10.1 Å². The first kappa shape index (κ1) is 13.9. The first-order chi connectivity index (χ1) is 9.85. The van der Waals surface area contributed by atoms with Crippen molar-refractivity contribution in [3.63, 3.8) is 0 Å². The quantitative estimate of drug-likeness (QED) is 0.917. The summed E-state index contributed by atoms with van der Waals surface area (Å²) < 4.78 is 5.31. The van der Waals surface area contributed by atoms with Crippen LogP contribution in [0.2, 0.25) is 0 Å². The van der Waals surface area contributed by atoms with Gasteiger partial charge in [-0.05, 0) is 69.6 Å². The Bertz CT molecular complexity index is 417. The highest BCUT2D eigenvalue weighted by Gasteiger charge is 2.39. The number of likely N-dealkylation sites (tertiary alicyclic amines) is 1. The molecule has 0 bridgehead atoms. The van der Waals surface area contributed by atoms with Crippen LogP contribution >= 0.6 is 0 Å². The summed E-state index contributed by atoms with van der Waals surface area (Å²) in [5.41, 5.74) is 1.72. The second-order valence-electron chi connectivity index (χ2n) is 6.06. The van der Waals surface area contributed by atoms with Crippen LogP contribution in [0.3, 0.4) is 0 Å². The molecular weight excluding hydrogens is 248 g/mol. The summed E-state index contributed by atoms with van der Waals surface area (Å²) in [6.45, 7) is 4.77. The highest BCUT2D eigenvalue weighted by atomic mass is 16.5. The Kier molecular flexibility index (Phi) is 4.27. The van der Waals surface area contributed by atoms with E-state index < -0.39 is 0 Å². The fourth-order valence-corrected chi connectivity index (χ4v) is 3.85. The lowest BCUT2D eigenvalue weighted by molar-refractivity contribution is 0.0359. The lowest BCUT2D eigenvalue weighted by Crippen LogP contribution is -2.53. The predicted octanol–water partition coefficient (Wildman–Crippen LogP) is 2.76. The molecule has 110 valence electrons. The highest BCUT2D eigenvalue weighted by molar-refractivity contribution is 5.32. The first-order valence-electron chi connectivity index (χ1n) is 7.95. The van der Waals surface area contributed by atoms with E-state index >= 15 is 0 Å². The van der Waals surface area contributed by atoms with Gasteiger partial charge in [-0.3, -0.25) is 4.90 Å². The van der Waals surface area contributed by atoms with Gasteiger partial charge < -0.3 is 10.1 Å². The molecule has 0 aliphatic carbocycles. The van der Waals surface area contributed by atoms with E-state index in [2.05, 4.69) is 34.5 Å². The van der Waals surface area contributed by atoms with Gasteiger partial charge in [0.25, 0.3) is 0 Å². The van der Waals surface area contributed by atoms with Crippen molar-refractivity contribution in [3.05, 3.63) is 29.8 Å². The summed E-state index contributed by atoms with van der Waals surface area (Å²) in [5.74, 6) is 0.955. The summed E-state index contributed by atoms with van der Waals surface area (Å²) in [6, 6.07) is 8.78. The summed E-state index contributed by atoms with van der Waals surface area (Å²) in [6.07, 6.45) is 6.54. The Morgan fingerprint density at radius 2 is 1.65 bits per heavy atom. The molecule has 0 amide bonds. The predicted molar refractivity (Wildman–Crippen MR) is 82.2 cm³/mol. The molecule has 0 aromatic heterocycles. The molecule has 2 heterocycles. The molecule has 0 atom stereocenters. The lowest BCUT2D eigenvalue weighted by Gasteiger charge is -2.49. The molecule has 3 rings (SSSR count). The summed E-state index contributed by atoms with van der Waals surface area (Å²) in [4.78, 5) is 2.75. The summed E-state index contributed by atoms with van der Waals surface area (Å²) in [5, 5.41) is 3.52. The minimum Gasteiger partial charge on any atom is -0.497 e. The summed E-state index contributed by atoms with van der Waals surface area (Å²) in [7, 11) is 1.74. The van der Waals surface area contributed by atoms with E-state index in [1.807, 2.05) is 0 Å². The van der Waals surface area contributed by atoms with Gasteiger partial charge in [-0.2, -0.15) is 0 Å². The second kappa shape index (κ2) is 6.15. The van der Waals surface area contributed by atoms with Gasteiger partial charge in [0.05, 0.1) is 7.11 Å². The molecule has 0 saturated carbocycles. The van der Waals surface area contributed by atoms with E-state index in [0.29, 0.717) is 0 Å². The van der Waals surface area contributed by atoms with Crippen LogP contribution in [-0.4, -0.2) is 38.2 Å². The van der Waals surface area contributed by atoms with Gasteiger partial charge in [-0.15, -0.1) is 0 Å². The van der Waals surface area contributed by atoms with Gasteiger partial charge in [0.2, 0.25) is 0 Å². The average Bonchev–Trinajstić information content (AvgIpc) is 2.56. The van der Waals surface area contributed by atoms with Gasteiger partial charge in [-0.25, -0.2) is 0 Å². The van der Waals surface area contributed by atoms with Gasteiger partial charge in [0.1, 0.15) is 5.75 Å². The SMILES string of the molecule is COc1ccc(C2(N3CCCCC3)CCNCC2)cc1. The number of rotatable bonds is 3. The third-order valence-electron chi connectivity index (χ3n) is 5.02. The molecule has 2 fully saturated rings. The van der Waals surface area contributed by atoms with Crippen molar-refractivity contribution in [3.8, 4) is 5.75 Å². The molecule has 1 aromatic carbocycles. The van der Waals surface area contributed by atoms with Gasteiger partial charge in [0.15, 0.2) is 0 Å². The van der Waals surface area contributed by atoms with E-state index in [0.717, 1.165) is 18.8 Å². The molecule has 1 aromatic rings. The standard InChI is InChI=1S/C17H26N2O/c1-20-16-7-5-15(6-8-16)17(9-11-18-12-10-17)19-13-3-2-4-14-19/h5-8,18H,2-4,9-14H2,1H3. The fourth-order valence-electron chi connectivity index (χ4n) is 3.85. The second-order valence-corrected chi connectivity index (χ2v) is 6.06. The molecule has 3 heteroatoms. The van der Waals surface area contributed by atoms with Gasteiger partial charge >= 0.3 is 0 Å². The van der Waals surface area contributed by atoms with Crippen LogP contribution in [0.1, 0.15) is 37.7 Å². The number of methoxy groups -OCH3 is 1. The van der Waals surface area contributed by atoms with Gasteiger partial charge in [-0.1, -0.05) is 18.6 Å². The molecule has 2 aliphatic heterocycles. The lowest BCUT2D eigenvalue weighted by atomic mass is 9.79. The van der Waals surface area contributed by atoms with Crippen molar-refractivity contribution in [1.82, 2.24) is 10.2 Å². The van der Waals surface area contributed by atoms with Crippen molar-refractivity contribution in [2.24, 2.45) is 0 Å². The Labute approximate surface area is 122 Å². The number of nitrogens with zero attached hydrogens (tertiary/aromatic N) is 1. The Hall–Kier alpha value is -1.06. The highest BCUT2D eigenvalue weighted by Crippen LogP contribution is 2.39. The zero-order valence-corrected chi connectivity index (χ0v) is 12.5. The molecule has 2 aliphatic rings. The van der Waals surface area contributed by atoms with Crippen LogP contribution in [0.5, 0.6) is 5.75 Å².